The molecule has 0 aromatic rings. The second-order valence-corrected chi connectivity index (χ2v) is 6.53. The van der Waals surface area contributed by atoms with Gasteiger partial charge in [0, 0.05) is 18.6 Å². The van der Waals surface area contributed by atoms with Crippen LogP contribution in [0.1, 0.15) is 46.0 Å². The Labute approximate surface area is 123 Å². The highest BCUT2D eigenvalue weighted by molar-refractivity contribution is 5.74. The Morgan fingerprint density at radius 1 is 1.35 bits per heavy atom. The van der Waals surface area contributed by atoms with Gasteiger partial charge in [0.25, 0.3) is 0 Å². The lowest BCUT2D eigenvalue weighted by Crippen LogP contribution is -2.47. The fourth-order valence-corrected chi connectivity index (χ4v) is 2.93. The first-order chi connectivity index (χ1) is 9.38. The van der Waals surface area contributed by atoms with Gasteiger partial charge < -0.3 is 20.6 Å². The molecule has 118 valence electrons. The summed E-state index contributed by atoms with van der Waals surface area (Å²) in [7, 11) is 4.20. The highest BCUT2D eigenvalue weighted by atomic mass is 16.3. The molecule has 3 N–H and O–H groups in total. The first kappa shape index (κ1) is 17.2. The lowest BCUT2D eigenvalue weighted by Gasteiger charge is -2.33. The van der Waals surface area contributed by atoms with Crippen LogP contribution in [0.4, 0.5) is 4.79 Å². The standard InChI is InChI=1S/C15H31N3O2/c1-11(8-12(2)19)10-16-15(20)17-13-6-5-7-14(9-13)18(3)4/h11-14,19H,5-10H2,1-4H3,(H2,16,17,20). The molecular formula is C15H31N3O2. The number of nitrogens with one attached hydrogen (secondary N) is 2. The van der Waals surface area contributed by atoms with E-state index in [9.17, 15) is 9.90 Å². The van der Waals surface area contributed by atoms with Crippen LogP contribution in [0.25, 0.3) is 0 Å². The quantitative estimate of drug-likeness (QED) is 0.694. The third-order valence-electron chi connectivity index (χ3n) is 4.07. The van der Waals surface area contributed by atoms with Crippen LogP contribution in [0.2, 0.25) is 0 Å². The summed E-state index contributed by atoms with van der Waals surface area (Å²) in [4.78, 5) is 14.1. The average molecular weight is 285 g/mol. The number of hydrogen-bond donors (Lipinski definition) is 3. The summed E-state index contributed by atoms with van der Waals surface area (Å²) in [6.07, 6.45) is 4.90. The Hall–Kier alpha value is -0.810. The molecule has 1 aliphatic rings. The molecule has 4 unspecified atom stereocenters. The third-order valence-corrected chi connectivity index (χ3v) is 4.07. The first-order valence-corrected chi connectivity index (χ1v) is 7.77. The van der Waals surface area contributed by atoms with Gasteiger partial charge in [0.15, 0.2) is 0 Å². The fourth-order valence-electron chi connectivity index (χ4n) is 2.93. The van der Waals surface area contributed by atoms with Gasteiger partial charge >= 0.3 is 6.03 Å². The van der Waals surface area contributed by atoms with Gasteiger partial charge in [-0.3, -0.25) is 0 Å². The highest BCUT2D eigenvalue weighted by Gasteiger charge is 2.24. The zero-order valence-corrected chi connectivity index (χ0v) is 13.4. The van der Waals surface area contributed by atoms with Crippen molar-refractivity contribution in [3.05, 3.63) is 0 Å². The van der Waals surface area contributed by atoms with E-state index in [1.165, 1.54) is 12.8 Å². The molecule has 1 fully saturated rings. The lowest BCUT2D eigenvalue weighted by molar-refractivity contribution is 0.162. The van der Waals surface area contributed by atoms with E-state index in [0.29, 0.717) is 24.9 Å². The predicted molar refractivity (Wildman–Crippen MR) is 81.7 cm³/mol. The molecule has 0 aromatic carbocycles. The van der Waals surface area contributed by atoms with Crippen molar-refractivity contribution in [2.75, 3.05) is 20.6 Å². The molecule has 0 aliphatic heterocycles. The zero-order chi connectivity index (χ0) is 15.1. The van der Waals surface area contributed by atoms with Gasteiger partial charge in [-0.25, -0.2) is 4.79 Å². The Balaban J connectivity index is 2.24. The van der Waals surface area contributed by atoms with E-state index >= 15 is 0 Å². The number of aliphatic hydroxyl groups is 1. The minimum atomic E-state index is -0.311. The fraction of sp³-hybridized carbons (Fsp3) is 0.933. The second kappa shape index (κ2) is 8.47. The number of carbonyl (C=O) groups excluding carboxylic acids is 1. The van der Waals surface area contributed by atoms with Crippen LogP contribution in [-0.2, 0) is 0 Å². The Bertz CT molecular complexity index is 295. The lowest BCUT2D eigenvalue weighted by atomic mass is 9.90. The largest absolute Gasteiger partial charge is 0.393 e. The highest BCUT2D eigenvalue weighted by Crippen LogP contribution is 2.21. The molecule has 0 saturated heterocycles. The minimum Gasteiger partial charge on any atom is -0.393 e. The van der Waals surface area contributed by atoms with Gasteiger partial charge in [-0.15, -0.1) is 0 Å². The average Bonchev–Trinajstić information content (AvgIpc) is 2.36. The topological polar surface area (TPSA) is 64.6 Å². The summed E-state index contributed by atoms with van der Waals surface area (Å²) >= 11 is 0. The normalized spacial score (nSPS) is 26.1. The summed E-state index contributed by atoms with van der Waals surface area (Å²) in [6.45, 7) is 4.43. The molecule has 1 aliphatic carbocycles. The Kier molecular flexibility index (Phi) is 7.30. The number of nitrogens with zero attached hydrogens (tertiary/aromatic N) is 1. The van der Waals surface area contributed by atoms with Crippen LogP contribution in [0, 0.1) is 5.92 Å². The van der Waals surface area contributed by atoms with E-state index in [0.717, 1.165) is 12.8 Å². The van der Waals surface area contributed by atoms with E-state index in [1.807, 2.05) is 6.92 Å². The molecule has 0 radical (unpaired) electrons. The van der Waals surface area contributed by atoms with Crippen molar-refractivity contribution in [3.63, 3.8) is 0 Å². The van der Waals surface area contributed by atoms with Gasteiger partial charge in [-0.05, 0) is 59.0 Å². The Morgan fingerprint density at radius 3 is 2.65 bits per heavy atom. The van der Waals surface area contributed by atoms with E-state index in [2.05, 4.69) is 29.6 Å². The number of hydrogen-bond acceptors (Lipinski definition) is 3. The van der Waals surface area contributed by atoms with Crippen molar-refractivity contribution in [3.8, 4) is 0 Å². The van der Waals surface area contributed by atoms with Crippen molar-refractivity contribution in [1.29, 1.82) is 0 Å². The summed E-state index contributed by atoms with van der Waals surface area (Å²) in [5.41, 5.74) is 0. The van der Waals surface area contributed by atoms with Crippen molar-refractivity contribution < 1.29 is 9.90 Å². The number of amides is 2. The van der Waals surface area contributed by atoms with Crippen molar-refractivity contribution >= 4 is 6.03 Å². The van der Waals surface area contributed by atoms with E-state index in [1.54, 1.807) is 6.92 Å². The van der Waals surface area contributed by atoms with Crippen LogP contribution in [0.3, 0.4) is 0 Å². The van der Waals surface area contributed by atoms with Crippen molar-refractivity contribution in [1.82, 2.24) is 15.5 Å². The van der Waals surface area contributed by atoms with Crippen LogP contribution in [0.5, 0.6) is 0 Å². The van der Waals surface area contributed by atoms with Crippen LogP contribution < -0.4 is 10.6 Å². The van der Waals surface area contributed by atoms with Crippen LogP contribution in [0.15, 0.2) is 0 Å². The van der Waals surface area contributed by atoms with Gasteiger partial charge in [0.05, 0.1) is 6.10 Å². The molecule has 0 aromatic heterocycles. The monoisotopic (exact) mass is 285 g/mol. The number of carbonyl (C=O) groups is 1. The summed E-state index contributed by atoms with van der Waals surface area (Å²) in [6, 6.07) is 0.776. The maximum absolute atomic E-state index is 11.9. The molecule has 20 heavy (non-hydrogen) atoms. The van der Waals surface area contributed by atoms with Crippen LogP contribution in [-0.4, -0.2) is 54.9 Å². The van der Waals surface area contributed by atoms with Crippen molar-refractivity contribution in [2.45, 2.75) is 64.1 Å². The van der Waals surface area contributed by atoms with Crippen LogP contribution >= 0.6 is 0 Å². The molecule has 0 bridgehead atoms. The molecule has 5 nitrogen and oxygen atoms in total. The summed E-state index contributed by atoms with van der Waals surface area (Å²) in [5.74, 6) is 0.293. The zero-order valence-electron chi connectivity index (χ0n) is 13.4. The van der Waals surface area contributed by atoms with Gasteiger partial charge in [0.2, 0.25) is 0 Å². The number of rotatable bonds is 6. The van der Waals surface area contributed by atoms with Gasteiger partial charge in [0.1, 0.15) is 0 Å². The van der Waals surface area contributed by atoms with E-state index in [4.69, 9.17) is 0 Å². The van der Waals surface area contributed by atoms with Gasteiger partial charge in [-0.1, -0.05) is 6.92 Å². The SMILES string of the molecule is CC(O)CC(C)CNC(=O)NC1CCCC(N(C)C)C1. The maximum Gasteiger partial charge on any atom is 0.315 e. The second-order valence-electron chi connectivity index (χ2n) is 6.53. The Morgan fingerprint density at radius 2 is 2.05 bits per heavy atom. The molecule has 2 amide bonds. The van der Waals surface area contributed by atoms with Gasteiger partial charge in [-0.2, -0.15) is 0 Å². The number of aliphatic hydroxyl groups excluding tert-OH is 1. The third kappa shape index (κ3) is 6.57. The minimum absolute atomic E-state index is 0.0770. The predicted octanol–water partition coefficient (Wildman–Crippen LogP) is 1.57. The molecule has 5 heteroatoms. The molecular weight excluding hydrogens is 254 g/mol. The van der Waals surface area contributed by atoms with E-state index < -0.39 is 0 Å². The smallest absolute Gasteiger partial charge is 0.315 e. The van der Waals surface area contributed by atoms with Crippen molar-refractivity contribution in [2.24, 2.45) is 5.92 Å². The van der Waals surface area contributed by atoms with E-state index in [-0.39, 0.29) is 18.2 Å². The molecule has 0 heterocycles. The molecule has 0 spiro atoms. The molecule has 1 rings (SSSR count). The molecule has 4 atom stereocenters. The summed E-state index contributed by atoms with van der Waals surface area (Å²) < 4.78 is 0. The molecule has 1 saturated carbocycles. The number of urea groups is 1. The maximum atomic E-state index is 11.9. The summed E-state index contributed by atoms with van der Waals surface area (Å²) in [5, 5.41) is 15.3. The first-order valence-electron chi connectivity index (χ1n) is 7.77.